The first-order valence-electron chi connectivity index (χ1n) is 9.49. The number of carbonyl (C=O) groups is 1. The molecule has 0 saturated carbocycles. The monoisotopic (exact) mass is 341 g/mol. The maximum atomic E-state index is 11.7. The molecule has 0 radical (unpaired) electrons. The standard InChI is InChI=1S/C20H24N2O3/c1-2-11-10-22-7-5-12(11)9-15(22)18-14(6-8-22)13-3-4-16(23)17(20(24)25)19(13)21-18/h3-4,11-12,15,21H,2,5-10H2,1H3,(H-,23,24,25)/p+1/t11-,12-,15-,22?/m0/s1. The smallest absolute Gasteiger partial charge is 0.341 e. The molecule has 5 nitrogen and oxygen atoms in total. The summed E-state index contributed by atoms with van der Waals surface area (Å²) in [6.07, 6.45) is 4.82. The molecule has 4 atom stereocenters. The van der Waals surface area contributed by atoms with E-state index < -0.39 is 5.97 Å². The number of phenols is 1. The van der Waals surface area contributed by atoms with Crippen LogP contribution in [0.25, 0.3) is 10.9 Å². The van der Waals surface area contributed by atoms with Crippen LogP contribution < -0.4 is 0 Å². The third kappa shape index (κ3) is 1.90. The molecule has 1 aromatic carbocycles. The third-order valence-corrected chi connectivity index (χ3v) is 7.37. The molecule has 4 aliphatic heterocycles. The second kappa shape index (κ2) is 5.01. The van der Waals surface area contributed by atoms with Crippen LogP contribution in [0.2, 0.25) is 0 Å². The number of H-pyrrole nitrogens is 1. The van der Waals surface area contributed by atoms with Gasteiger partial charge in [0, 0.05) is 30.6 Å². The first-order valence-corrected chi connectivity index (χ1v) is 9.49. The zero-order valence-electron chi connectivity index (χ0n) is 14.6. The molecule has 5 heteroatoms. The summed E-state index contributed by atoms with van der Waals surface area (Å²) >= 11 is 0. The van der Waals surface area contributed by atoms with E-state index >= 15 is 0 Å². The summed E-state index contributed by atoms with van der Waals surface area (Å²) in [7, 11) is 0. The molecular formula is C20H25N2O3+. The van der Waals surface area contributed by atoms with Gasteiger partial charge in [0.1, 0.15) is 17.4 Å². The number of nitrogens with zero attached hydrogens (tertiary/aromatic N) is 1. The van der Waals surface area contributed by atoms with E-state index in [1.54, 1.807) is 0 Å². The van der Waals surface area contributed by atoms with Crippen LogP contribution in [0.4, 0.5) is 0 Å². The van der Waals surface area contributed by atoms with Gasteiger partial charge in [-0.25, -0.2) is 4.79 Å². The molecule has 1 spiro atoms. The number of nitrogens with one attached hydrogen (secondary N) is 1. The minimum absolute atomic E-state index is 0.0147. The highest BCUT2D eigenvalue weighted by Crippen LogP contribution is 2.53. The van der Waals surface area contributed by atoms with E-state index in [0.717, 1.165) is 30.2 Å². The molecule has 25 heavy (non-hydrogen) atoms. The number of piperidine rings is 3. The van der Waals surface area contributed by atoms with Crippen molar-refractivity contribution >= 4 is 16.9 Å². The first-order chi connectivity index (χ1) is 12.0. The number of aromatic amines is 1. The molecule has 5 heterocycles. The molecule has 6 rings (SSSR count). The number of carboxylic acids is 1. The maximum Gasteiger partial charge on any atom is 0.341 e. The molecular weight excluding hydrogens is 316 g/mol. The Morgan fingerprint density at radius 3 is 2.96 bits per heavy atom. The highest BCUT2D eigenvalue weighted by Gasteiger charge is 2.54. The van der Waals surface area contributed by atoms with Crippen LogP contribution in [0.3, 0.4) is 0 Å². The number of hydrogen-bond donors (Lipinski definition) is 3. The molecule has 3 saturated heterocycles. The average Bonchev–Trinajstić information content (AvgIpc) is 2.99. The lowest BCUT2D eigenvalue weighted by Crippen LogP contribution is -2.65. The lowest BCUT2D eigenvalue weighted by molar-refractivity contribution is -0.978. The van der Waals surface area contributed by atoms with E-state index in [4.69, 9.17) is 0 Å². The number of aromatic hydroxyl groups is 1. The van der Waals surface area contributed by atoms with E-state index in [2.05, 4.69) is 11.9 Å². The van der Waals surface area contributed by atoms with Crippen molar-refractivity contribution < 1.29 is 19.5 Å². The summed E-state index contributed by atoms with van der Waals surface area (Å²) in [5.74, 6) is 0.426. The quantitative estimate of drug-likeness (QED) is 0.733. The number of hydrogen-bond acceptors (Lipinski definition) is 2. The fourth-order valence-electron chi connectivity index (χ4n) is 6.12. The van der Waals surface area contributed by atoms with Crippen molar-refractivity contribution in [2.75, 3.05) is 19.6 Å². The Hall–Kier alpha value is -2.01. The van der Waals surface area contributed by atoms with Gasteiger partial charge in [0.25, 0.3) is 0 Å². The topological polar surface area (TPSA) is 73.3 Å². The molecule has 0 amide bonds. The van der Waals surface area contributed by atoms with Crippen molar-refractivity contribution in [3.8, 4) is 5.75 Å². The van der Waals surface area contributed by atoms with Gasteiger partial charge in [-0.2, -0.15) is 0 Å². The number of benzene rings is 1. The van der Waals surface area contributed by atoms with Crippen LogP contribution in [0, 0.1) is 11.8 Å². The molecule has 132 valence electrons. The minimum atomic E-state index is -1.07. The Labute approximate surface area is 146 Å². The third-order valence-electron chi connectivity index (χ3n) is 7.37. The summed E-state index contributed by atoms with van der Waals surface area (Å²) in [5, 5.41) is 20.6. The van der Waals surface area contributed by atoms with E-state index in [9.17, 15) is 15.0 Å². The summed E-state index contributed by atoms with van der Waals surface area (Å²) in [5.41, 5.74) is 3.15. The van der Waals surface area contributed by atoms with Crippen molar-refractivity contribution in [3.63, 3.8) is 0 Å². The van der Waals surface area contributed by atoms with Gasteiger partial charge >= 0.3 is 5.97 Å². The van der Waals surface area contributed by atoms with Crippen molar-refractivity contribution in [1.29, 1.82) is 0 Å². The van der Waals surface area contributed by atoms with E-state index in [0.29, 0.717) is 11.6 Å². The number of carboxylic acid groups (broad SMARTS) is 1. The molecule has 1 aromatic heterocycles. The normalized spacial score (nSPS) is 33.2. The van der Waals surface area contributed by atoms with Crippen LogP contribution in [0.5, 0.6) is 5.75 Å². The van der Waals surface area contributed by atoms with Crippen molar-refractivity contribution in [2.24, 2.45) is 11.8 Å². The van der Waals surface area contributed by atoms with Gasteiger partial charge in [-0.3, -0.25) is 0 Å². The van der Waals surface area contributed by atoms with E-state index in [-0.39, 0.29) is 11.3 Å². The van der Waals surface area contributed by atoms with Gasteiger partial charge in [-0.1, -0.05) is 6.92 Å². The molecule has 2 aromatic rings. The van der Waals surface area contributed by atoms with Crippen LogP contribution in [-0.2, 0) is 6.42 Å². The molecule has 4 aliphatic rings. The van der Waals surface area contributed by atoms with Crippen LogP contribution in [0.15, 0.2) is 12.1 Å². The summed E-state index contributed by atoms with van der Waals surface area (Å²) in [6, 6.07) is 3.88. The van der Waals surface area contributed by atoms with Gasteiger partial charge in [0.2, 0.25) is 0 Å². The second-order valence-electron chi connectivity index (χ2n) is 8.27. The zero-order chi connectivity index (χ0) is 17.3. The Kier molecular flexibility index (Phi) is 3.06. The second-order valence-corrected chi connectivity index (χ2v) is 8.27. The number of rotatable bonds is 2. The van der Waals surface area contributed by atoms with Crippen molar-refractivity contribution in [3.05, 3.63) is 29.0 Å². The molecule has 3 fully saturated rings. The largest absolute Gasteiger partial charge is 0.507 e. The lowest BCUT2D eigenvalue weighted by Gasteiger charge is -2.59. The molecule has 0 aliphatic carbocycles. The first kappa shape index (κ1) is 15.3. The zero-order valence-corrected chi connectivity index (χ0v) is 14.6. The predicted molar refractivity (Wildman–Crippen MR) is 94.7 cm³/mol. The predicted octanol–water partition coefficient (Wildman–Crippen LogP) is 3.44. The Morgan fingerprint density at radius 2 is 2.20 bits per heavy atom. The van der Waals surface area contributed by atoms with Crippen molar-refractivity contribution in [2.45, 2.75) is 38.6 Å². The van der Waals surface area contributed by atoms with Crippen molar-refractivity contribution in [1.82, 2.24) is 4.98 Å². The van der Waals surface area contributed by atoms with Crippen LogP contribution in [0.1, 0.15) is 53.8 Å². The number of quaternary nitrogens is 1. The fourth-order valence-corrected chi connectivity index (χ4v) is 6.12. The number of aromatic carboxylic acids is 1. The molecule has 3 N–H and O–H groups in total. The fraction of sp³-hybridized carbons (Fsp3) is 0.550. The Balaban J connectivity index is 1.68. The van der Waals surface area contributed by atoms with E-state index in [1.165, 1.54) is 54.2 Å². The molecule has 1 unspecified atom stereocenters. The SMILES string of the molecule is CC[C@H]1C[N+]23CCc4c([nH]c5c(C(=O)O)c(O)ccc45)[C@@H]2C[C@@H]1CC3. The van der Waals surface area contributed by atoms with Crippen LogP contribution in [-0.4, -0.2) is 45.3 Å². The number of aromatic nitrogens is 1. The lowest BCUT2D eigenvalue weighted by atomic mass is 9.70. The Morgan fingerprint density at radius 1 is 1.36 bits per heavy atom. The Bertz CT molecular complexity index is 887. The van der Waals surface area contributed by atoms with Crippen LogP contribution >= 0.6 is 0 Å². The summed E-state index contributed by atoms with van der Waals surface area (Å²) < 4.78 is 1.18. The van der Waals surface area contributed by atoms with Gasteiger partial charge in [0.05, 0.1) is 30.8 Å². The van der Waals surface area contributed by atoms with Gasteiger partial charge < -0.3 is 19.7 Å². The van der Waals surface area contributed by atoms with Gasteiger partial charge in [-0.05, 0) is 30.0 Å². The number of fused-ring (bicyclic) bond motifs is 5. The summed E-state index contributed by atoms with van der Waals surface area (Å²) in [4.78, 5) is 15.1. The van der Waals surface area contributed by atoms with E-state index in [1.807, 2.05) is 6.07 Å². The minimum Gasteiger partial charge on any atom is -0.507 e. The maximum absolute atomic E-state index is 11.7. The van der Waals surface area contributed by atoms with Gasteiger partial charge in [-0.15, -0.1) is 0 Å². The average molecular weight is 341 g/mol. The van der Waals surface area contributed by atoms with Gasteiger partial charge in [0.15, 0.2) is 0 Å². The summed E-state index contributed by atoms with van der Waals surface area (Å²) in [6.45, 7) is 6.02. The molecule has 2 bridgehead atoms. The highest BCUT2D eigenvalue weighted by molar-refractivity contribution is 6.06. The highest BCUT2D eigenvalue weighted by atomic mass is 16.4.